The van der Waals surface area contributed by atoms with E-state index >= 15 is 0 Å². The van der Waals surface area contributed by atoms with E-state index < -0.39 is 10.8 Å². The zero-order valence-corrected chi connectivity index (χ0v) is 12.5. The Morgan fingerprint density at radius 3 is 2.71 bits per heavy atom. The lowest BCUT2D eigenvalue weighted by atomic mass is 9.39. The summed E-state index contributed by atoms with van der Waals surface area (Å²) in [4.78, 5) is 38.3. The van der Waals surface area contributed by atoms with Crippen LogP contribution in [-0.2, 0) is 19.1 Å². The molecule has 1 heterocycles. The number of fused-ring (bicyclic) bond motifs is 2. The summed E-state index contributed by atoms with van der Waals surface area (Å²) in [6, 6.07) is 0. The van der Waals surface area contributed by atoms with Crippen molar-refractivity contribution < 1.29 is 19.1 Å². The minimum absolute atomic E-state index is 0.00694. The lowest BCUT2D eigenvalue weighted by Crippen LogP contribution is -2.70. The molecule has 4 nitrogen and oxygen atoms in total. The van der Waals surface area contributed by atoms with Crippen molar-refractivity contribution in [3.8, 4) is 0 Å². The molecule has 4 aliphatic carbocycles. The van der Waals surface area contributed by atoms with Crippen LogP contribution in [0.1, 0.15) is 51.9 Å². The van der Waals surface area contributed by atoms with Gasteiger partial charge in [0.05, 0.1) is 16.7 Å². The molecule has 5 fully saturated rings. The second-order valence-corrected chi connectivity index (χ2v) is 7.53. The van der Waals surface area contributed by atoms with Crippen molar-refractivity contribution in [1.29, 1.82) is 0 Å². The van der Waals surface area contributed by atoms with E-state index in [1.807, 2.05) is 6.92 Å². The molecule has 114 valence electrons. The van der Waals surface area contributed by atoms with Crippen LogP contribution in [0.5, 0.6) is 0 Å². The predicted molar refractivity (Wildman–Crippen MR) is 74.3 cm³/mol. The standard InChI is InChI=1S/C17H22O4/c1-10-11-5-7-17(14(10)19)12(8-11)15(20)21-9-16(17)6-3-2-4-13(16)18/h10-12H,2-9H2,1H3/t10-,11+,12?,16-,17+/m0/s1. The monoisotopic (exact) mass is 290 g/mol. The number of Topliss-reactive ketones (excluding diaryl/α,β-unsaturated/α-hetero) is 2. The number of hydrogen-bond donors (Lipinski definition) is 0. The molecule has 5 rings (SSSR count). The van der Waals surface area contributed by atoms with Gasteiger partial charge in [0.25, 0.3) is 0 Å². The Morgan fingerprint density at radius 1 is 1.14 bits per heavy atom. The molecule has 4 heteroatoms. The molecule has 0 amide bonds. The van der Waals surface area contributed by atoms with Crippen molar-refractivity contribution in [3.05, 3.63) is 0 Å². The first-order chi connectivity index (χ1) is 10.0. The zero-order chi connectivity index (χ0) is 14.8. The molecule has 0 aromatic carbocycles. The molecule has 1 unspecified atom stereocenters. The highest BCUT2D eigenvalue weighted by Gasteiger charge is 2.72. The van der Waals surface area contributed by atoms with Gasteiger partial charge in [0.2, 0.25) is 0 Å². The Labute approximate surface area is 124 Å². The smallest absolute Gasteiger partial charge is 0.310 e. The quantitative estimate of drug-likeness (QED) is 0.642. The number of ketones is 2. The van der Waals surface area contributed by atoms with Gasteiger partial charge >= 0.3 is 5.97 Å². The molecule has 0 radical (unpaired) electrons. The van der Waals surface area contributed by atoms with Gasteiger partial charge in [-0.3, -0.25) is 14.4 Å². The van der Waals surface area contributed by atoms with Crippen molar-refractivity contribution in [1.82, 2.24) is 0 Å². The van der Waals surface area contributed by atoms with E-state index in [0.29, 0.717) is 18.8 Å². The van der Waals surface area contributed by atoms with Gasteiger partial charge < -0.3 is 4.74 Å². The van der Waals surface area contributed by atoms with Crippen LogP contribution in [0.25, 0.3) is 0 Å². The average molecular weight is 290 g/mol. The third-order valence-corrected chi connectivity index (χ3v) is 6.99. The first-order valence-electron chi connectivity index (χ1n) is 8.27. The van der Waals surface area contributed by atoms with Gasteiger partial charge in [0.1, 0.15) is 18.2 Å². The van der Waals surface area contributed by atoms with Crippen LogP contribution in [0.4, 0.5) is 0 Å². The SMILES string of the molecule is C[C@@H]1C(=O)[C@@]23CC[C@@H]1CC2C(=O)OC[C@]31CCCCC1=O. The number of cyclic esters (lactones) is 1. The molecule has 1 aliphatic heterocycles. The number of ether oxygens (including phenoxy) is 1. The second-order valence-electron chi connectivity index (χ2n) is 7.53. The largest absolute Gasteiger partial charge is 0.464 e. The molecule has 5 aliphatic rings. The molecule has 21 heavy (non-hydrogen) atoms. The fraction of sp³-hybridized carbons (Fsp3) is 0.824. The summed E-state index contributed by atoms with van der Waals surface area (Å²) >= 11 is 0. The molecule has 0 N–H and O–H groups in total. The average Bonchev–Trinajstić information content (AvgIpc) is 2.50. The minimum atomic E-state index is -0.742. The van der Waals surface area contributed by atoms with E-state index in [2.05, 4.69) is 0 Å². The fourth-order valence-corrected chi connectivity index (χ4v) is 5.82. The van der Waals surface area contributed by atoms with Gasteiger partial charge in [0.15, 0.2) is 0 Å². The summed E-state index contributed by atoms with van der Waals surface area (Å²) in [6.45, 7) is 2.13. The van der Waals surface area contributed by atoms with Gasteiger partial charge in [0, 0.05) is 12.3 Å². The van der Waals surface area contributed by atoms with Crippen LogP contribution >= 0.6 is 0 Å². The Morgan fingerprint density at radius 2 is 1.95 bits per heavy atom. The van der Waals surface area contributed by atoms with Crippen molar-refractivity contribution in [3.63, 3.8) is 0 Å². The second kappa shape index (κ2) is 4.17. The number of carbonyl (C=O) groups excluding carboxylic acids is 3. The van der Waals surface area contributed by atoms with Crippen LogP contribution in [0.15, 0.2) is 0 Å². The summed E-state index contributed by atoms with van der Waals surface area (Å²) in [6.07, 6.45) is 5.55. The lowest BCUT2D eigenvalue weighted by Gasteiger charge is -2.62. The Bertz CT molecular complexity index is 539. The molecule has 2 bridgehead atoms. The van der Waals surface area contributed by atoms with Gasteiger partial charge in [-0.25, -0.2) is 0 Å². The number of rotatable bonds is 0. The zero-order valence-electron chi connectivity index (χ0n) is 12.5. The van der Waals surface area contributed by atoms with E-state index in [9.17, 15) is 14.4 Å². The maximum absolute atomic E-state index is 13.1. The maximum Gasteiger partial charge on any atom is 0.310 e. The number of carbonyl (C=O) groups is 3. The summed E-state index contributed by atoms with van der Waals surface area (Å²) in [7, 11) is 0. The van der Waals surface area contributed by atoms with Crippen LogP contribution in [0.3, 0.4) is 0 Å². The van der Waals surface area contributed by atoms with Crippen molar-refractivity contribution in [2.24, 2.45) is 28.6 Å². The molecule has 4 saturated carbocycles. The molecule has 0 aromatic rings. The van der Waals surface area contributed by atoms with Gasteiger partial charge in [-0.05, 0) is 38.0 Å². The van der Waals surface area contributed by atoms with E-state index in [1.54, 1.807) is 0 Å². The molecule has 2 spiro atoms. The maximum atomic E-state index is 13.1. The molecular formula is C17H22O4. The third-order valence-electron chi connectivity index (χ3n) is 6.99. The van der Waals surface area contributed by atoms with Gasteiger partial charge in [-0.1, -0.05) is 13.3 Å². The summed E-state index contributed by atoms with van der Waals surface area (Å²) < 4.78 is 5.43. The van der Waals surface area contributed by atoms with Crippen LogP contribution in [-0.4, -0.2) is 24.1 Å². The Hall–Kier alpha value is -1.19. The van der Waals surface area contributed by atoms with E-state index in [-0.39, 0.29) is 36.0 Å². The Kier molecular flexibility index (Phi) is 2.68. The minimum Gasteiger partial charge on any atom is -0.464 e. The van der Waals surface area contributed by atoms with Gasteiger partial charge in [-0.15, -0.1) is 0 Å². The van der Waals surface area contributed by atoms with Crippen molar-refractivity contribution >= 4 is 17.5 Å². The first kappa shape index (κ1) is 13.5. The number of esters is 1. The lowest BCUT2D eigenvalue weighted by molar-refractivity contribution is -0.216. The highest BCUT2D eigenvalue weighted by molar-refractivity contribution is 6.02. The molecule has 1 saturated heterocycles. The summed E-state index contributed by atoms with van der Waals surface area (Å²) in [5.41, 5.74) is -1.45. The topological polar surface area (TPSA) is 60.4 Å². The normalized spacial score (nSPS) is 49.2. The third kappa shape index (κ3) is 1.39. The first-order valence-corrected chi connectivity index (χ1v) is 8.27. The fourth-order valence-electron chi connectivity index (χ4n) is 5.82. The highest BCUT2D eigenvalue weighted by Crippen LogP contribution is 2.66. The van der Waals surface area contributed by atoms with Crippen LogP contribution < -0.4 is 0 Å². The Balaban J connectivity index is 1.90. The van der Waals surface area contributed by atoms with Crippen molar-refractivity contribution in [2.75, 3.05) is 6.61 Å². The van der Waals surface area contributed by atoms with Gasteiger partial charge in [-0.2, -0.15) is 0 Å². The number of hydrogen-bond acceptors (Lipinski definition) is 4. The molecular weight excluding hydrogens is 268 g/mol. The predicted octanol–water partition coefficient (Wildman–Crippen LogP) is 2.29. The summed E-state index contributed by atoms with van der Waals surface area (Å²) in [5, 5.41) is 0. The molecule has 5 atom stereocenters. The highest BCUT2D eigenvalue weighted by atomic mass is 16.5. The van der Waals surface area contributed by atoms with Crippen molar-refractivity contribution in [2.45, 2.75) is 51.9 Å². The van der Waals surface area contributed by atoms with Crippen LogP contribution in [0, 0.1) is 28.6 Å². The van der Waals surface area contributed by atoms with E-state index in [0.717, 1.165) is 32.1 Å². The molecule has 0 aromatic heterocycles. The van der Waals surface area contributed by atoms with Crippen LogP contribution in [0.2, 0.25) is 0 Å². The summed E-state index contributed by atoms with van der Waals surface area (Å²) in [5.74, 6) is 0.0482. The van der Waals surface area contributed by atoms with E-state index in [4.69, 9.17) is 4.74 Å². The van der Waals surface area contributed by atoms with E-state index in [1.165, 1.54) is 0 Å².